The summed E-state index contributed by atoms with van der Waals surface area (Å²) in [6.45, 7) is 0. The van der Waals surface area contributed by atoms with Gasteiger partial charge in [0, 0.05) is 11.9 Å². The van der Waals surface area contributed by atoms with Crippen LogP contribution >= 0.6 is 11.6 Å². The molecule has 0 aliphatic carbocycles. The first kappa shape index (κ1) is 8.14. The van der Waals surface area contributed by atoms with E-state index in [0.29, 0.717) is 11.4 Å². The van der Waals surface area contributed by atoms with Crippen LogP contribution < -0.4 is 0 Å². The van der Waals surface area contributed by atoms with Gasteiger partial charge in [-0.05, 0) is 6.07 Å². The van der Waals surface area contributed by atoms with E-state index in [1.807, 2.05) is 0 Å². The van der Waals surface area contributed by atoms with Gasteiger partial charge in [0.25, 0.3) is 0 Å². The van der Waals surface area contributed by atoms with Crippen molar-refractivity contribution in [3.63, 3.8) is 0 Å². The van der Waals surface area contributed by atoms with E-state index in [0.717, 1.165) is 5.69 Å². The first-order valence-corrected chi connectivity index (χ1v) is 3.63. The van der Waals surface area contributed by atoms with Crippen LogP contribution in [0.3, 0.4) is 0 Å². The van der Waals surface area contributed by atoms with E-state index in [9.17, 15) is 4.79 Å². The first-order chi connectivity index (χ1) is 5.27. The Hall–Kier alpha value is -0.960. The van der Waals surface area contributed by atoms with Crippen molar-refractivity contribution in [2.24, 2.45) is 0 Å². The molecule has 3 nitrogen and oxygen atoms in total. The molecule has 0 unspecified atom stereocenters. The second-order valence-corrected chi connectivity index (χ2v) is 2.31. The molecule has 0 amide bonds. The van der Waals surface area contributed by atoms with E-state index < -0.39 is 0 Å². The van der Waals surface area contributed by atoms with Gasteiger partial charge in [0.2, 0.25) is 0 Å². The van der Waals surface area contributed by atoms with Gasteiger partial charge in [-0.1, -0.05) is 0 Å². The van der Waals surface area contributed by atoms with Crippen LogP contribution in [-0.2, 0) is 10.6 Å². The summed E-state index contributed by atoms with van der Waals surface area (Å²) in [7, 11) is 1.34. The average molecular weight is 174 g/mol. The number of alkyl halides is 1. The lowest BCUT2D eigenvalue weighted by Gasteiger charge is -1.91. The molecule has 60 valence electrons. The van der Waals surface area contributed by atoms with E-state index in [-0.39, 0.29) is 5.97 Å². The number of hydrogen-bond donors (Lipinski definition) is 1. The number of aromatic amines is 1. The van der Waals surface area contributed by atoms with Crippen LogP contribution in [0.1, 0.15) is 16.1 Å². The summed E-state index contributed by atoms with van der Waals surface area (Å²) in [6, 6.07) is 1.67. The normalized spacial score (nSPS) is 9.64. The van der Waals surface area contributed by atoms with Crippen molar-refractivity contribution in [1.29, 1.82) is 0 Å². The fourth-order valence-electron chi connectivity index (χ4n) is 0.754. The van der Waals surface area contributed by atoms with Crippen molar-refractivity contribution in [2.75, 3.05) is 7.11 Å². The number of aromatic nitrogens is 1. The highest BCUT2D eigenvalue weighted by Crippen LogP contribution is 2.06. The number of ether oxygens (including phenoxy) is 1. The first-order valence-electron chi connectivity index (χ1n) is 3.09. The van der Waals surface area contributed by atoms with Crippen LogP contribution in [-0.4, -0.2) is 18.1 Å². The lowest BCUT2D eigenvalue weighted by atomic mass is 10.3. The Morgan fingerprint density at radius 3 is 3.00 bits per heavy atom. The molecule has 0 aliphatic heterocycles. The molecule has 0 saturated carbocycles. The summed E-state index contributed by atoms with van der Waals surface area (Å²) in [5.41, 5.74) is 1.32. The highest BCUT2D eigenvalue weighted by molar-refractivity contribution is 6.17. The number of nitrogens with one attached hydrogen (secondary N) is 1. The summed E-state index contributed by atoms with van der Waals surface area (Å²) in [5, 5.41) is 0. The van der Waals surface area contributed by atoms with Gasteiger partial charge in [0.1, 0.15) is 0 Å². The molecular weight excluding hydrogens is 166 g/mol. The highest BCUT2D eigenvalue weighted by atomic mass is 35.5. The van der Waals surface area contributed by atoms with Crippen LogP contribution in [0, 0.1) is 0 Å². The van der Waals surface area contributed by atoms with E-state index in [1.54, 1.807) is 12.3 Å². The zero-order chi connectivity index (χ0) is 8.27. The molecule has 1 aromatic rings. The van der Waals surface area contributed by atoms with Crippen LogP contribution in [0.5, 0.6) is 0 Å². The van der Waals surface area contributed by atoms with Gasteiger partial charge in [-0.15, -0.1) is 11.6 Å². The maximum atomic E-state index is 10.9. The third kappa shape index (κ3) is 1.74. The van der Waals surface area contributed by atoms with Gasteiger partial charge in [-0.3, -0.25) is 0 Å². The molecule has 0 fully saturated rings. The van der Waals surface area contributed by atoms with Crippen molar-refractivity contribution in [1.82, 2.24) is 4.98 Å². The fourth-order valence-corrected chi connectivity index (χ4v) is 0.909. The van der Waals surface area contributed by atoms with E-state index in [1.165, 1.54) is 7.11 Å². The topological polar surface area (TPSA) is 42.1 Å². The molecule has 1 heterocycles. The number of carbonyl (C=O) groups excluding carboxylic acids is 1. The van der Waals surface area contributed by atoms with Crippen molar-refractivity contribution in [3.05, 3.63) is 23.5 Å². The summed E-state index contributed by atoms with van der Waals surface area (Å²) in [4.78, 5) is 13.7. The molecule has 1 aromatic heterocycles. The van der Waals surface area contributed by atoms with Crippen molar-refractivity contribution in [3.8, 4) is 0 Å². The van der Waals surface area contributed by atoms with Gasteiger partial charge >= 0.3 is 5.97 Å². The third-order valence-electron chi connectivity index (χ3n) is 1.31. The number of hydrogen-bond acceptors (Lipinski definition) is 2. The summed E-state index contributed by atoms with van der Waals surface area (Å²) in [5.74, 6) is 0.0226. The minimum absolute atomic E-state index is 0.349. The molecule has 0 aliphatic rings. The van der Waals surface area contributed by atoms with Gasteiger partial charge in [0.15, 0.2) is 0 Å². The molecule has 11 heavy (non-hydrogen) atoms. The third-order valence-corrected chi connectivity index (χ3v) is 1.60. The van der Waals surface area contributed by atoms with Crippen molar-refractivity contribution in [2.45, 2.75) is 5.88 Å². The van der Waals surface area contributed by atoms with Crippen LogP contribution in [0.25, 0.3) is 0 Å². The quantitative estimate of drug-likeness (QED) is 0.545. The van der Waals surface area contributed by atoms with Crippen LogP contribution in [0.15, 0.2) is 12.3 Å². The van der Waals surface area contributed by atoms with Gasteiger partial charge < -0.3 is 9.72 Å². The monoisotopic (exact) mass is 173 g/mol. The minimum Gasteiger partial charge on any atom is -0.465 e. The molecule has 4 heteroatoms. The molecule has 1 N–H and O–H groups in total. The Morgan fingerprint density at radius 2 is 2.55 bits per heavy atom. The fraction of sp³-hybridized carbons (Fsp3) is 0.286. The zero-order valence-electron chi connectivity index (χ0n) is 6.06. The molecule has 0 atom stereocenters. The Kier molecular flexibility index (Phi) is 2.54. The number of halogens is 1. The lowest BCUT2D eigenvalue weighted by Crippen LogP contribution is -1.98. The van der Waals surface area contributed by atoms with E-state index in [2.05, 4.69) is 9.72 Å². The molecule has 0 aromatic carbocycles. The smallest absolute Gasteiger partial charge is 0.339 e. The Bertz CT molecular complexity index is 257. The molecule has 0 bridgehead atoms. The van der Waals surface area contributed by atoms with Gasteiger partial charge in [-0.25, -0.2) is 4.79 Å². The minimum atomic E-state index is -0.349. The molecule has 1 rings (SSSR count). The van der Waals surface area contributed by atoms with Crippen molar-refractivity contribution < 1.29 is 9.53 Å². The van der Waals surface area contributed by atoms with Gasteiger partial charge in [-0.2, -0.15) is 0 Å². The summed E-state index contributed by atoms with van der Waals surface area (Å²) in [6.07, 6.45) is 1.57. The summed E-state index contributed by atoms with van der Waals surface area (Å²) >= 11 is 5.50. The lowest BCUT2D eigenvalue weighted by molar-refractivity contribution is 0.0601. The maximum Gasteiger partial charge on any atom is 0.339 e. The predicted octanol–water partition coefficient (Wildman–Crippen LogP) is 1.54. The SMILES string of the molecule is COC(=O)c1c[nH]c(CCl)c1. The van der Waals surface area contributed by atoms with E-state index in [4.69, 9.17) is 11.6 Å². The predicted molar refractivity (Wildman–Crippen MR) is 41.7 cm³/mol. The Balaban J connectivity index is 2.80. The number of H-pyrrole nitrogens is 1. The molecule has 0 radical (unpaired) electrons. The Morgan fingerprint density at radius 1 is 1.82 bits per heavy atom. The Labute approximate surface area is 69.3 Å². The molecule has 0 spiro atoms. The molecular formula is C7H8ClNO2. The number of rotatable bonds is 2. The van der Waals surface area contributed by atoms with E-state index >= 15 is 0 Å². The maximum absolute atomic E-state index is 10.9. The standard InChI is InChI=1S/C7H8ClNO2/c1-11-7(10)5-2-6(3-8)9-4-5/h2,4,9H,3H2,1H3. The largest absolute Gasteiger partial charge is 0.465 e. The highest BCUT2D eigenvalue weighted by Gasteiger charge is 2.06. The second-order valence-electron chi connectivity index (χ2n) is 2.04. The average Bonchev–Trinajstić information content (AvgIpc) is 2.50. The number of esters is 1. The van der Waals surface area contributed by atoms with Crippen LogP contribution in [0.4, 0.5) is 0 Å². The molecule has 0 saturated heterocycles. The van der Waals surface area contributed by atoms with Gasteiger partial charge in [0.05, 0.1) is 18.6 Å². The number of carbonyl (C=O) groups is 1. The second kappa shape index (κ2) is 3.44. The summed E-state index contributed by atoms with van der Waals surface area (Å²) < 4.78 is 4.49. The van der Waals surface area contributed by atoms with Crippen molar-refractivity contribution >= 4 is 17.6 Å². The van der Waals surface area contributed by atoms with Crippen LogP contribution in [0.2, 0.25) is 0 Å². The number of methoxy groups -OCH3 is 1. The zero-order valence-corrected chi connectivity index (χ0v) is 6.81.